The van der Waals surface area contributed by atoms with E-state index in [1.54, 1.807) is 6.07 Å². The predicted molar refractivity (Wildman–Crippen MR) is 65.3 cm³/mol. The summed E-state index contributed by atoms with van der Waals surface area (Å²) in [6.07, 6.45) is 0.892. The fraction of sp³-hybridized carbons (Fsp3) is 0.333. The molecule has 1 unspecified atom stereocenters. The molecule has 1 aromatic carbocycles. The Morgan fingerprint density at radius 2 is 2.13 bits per heavy atom. The van der Waals surface area contributed by atoms with Crippen LogP contribution in [0.5, 0.6) is 5.75 Å². The highest BCUT2D eigenvalue weighted by Gasteiger charge is 2.26. The summed E-state index contributed by atoms with van der Waals surface area (Å²) in [5.41, 5.74) is 4.23. The van der Waals surface area contributed by atoms with Gasteiger partial charge >= 0.3 is 0 Å². The molecule has 0 aromatic heterocycles. The van der Waals surface area contributed by atoms with Crippen molar-refractivity contribution in [3.05, 3.63) is 21.7 Å². The second kappa shape index (κ2) is 4.66. The number of nitrogens with two attached hydrogens (primary N) is 1. The van der Waals surface area contributed by atoms with Crippen molar-refractivity contribution in [2.75, 3.05) is 5.43 Å². The maximum absolute atomic E-state index is 5.99. The van der Waals surface area contributed by atoms with Crippen LogP contribution in [0.25, 0.3) is 0 Å². The molecule has 0 radical (unpaired) electrons. The van der Waals surface area contributed by atoms with Gasteiger partial charge in [-0.3, -0.25) is 5.84 Å². The predicted octanol–water partition coefficient (Wildman–Crippen LogP) is 3.02. The van der Waals surface area contributed by atoms with E-state index in [0.717, 1.165) is 12.0 Å². The normalized spacial score (nSPS) is 17.7. The van der Waals surface area contributed by atoms with Crippen molar-refractivity contribution in [1.82, 2.24) is 0 Å². The van der Waals surface area contributed by atoms with Crippen molar-refractivity contribution in [2.45, 2.75) is 19.4 Å². The van der Waals surface area contributed by atoms with Gasteiger partial charge in [0.25, 0.3) is 0 Å². The van der Waals surface area contributed by atoms with Crippen molar-refractivity contribution in [2.24, 2.45) is 5.84 Å². The largest absolute Gasteiger partial charge is 0.488 e. The van der Waals surface area contributed by atoms with Crippen molar-refractivity contribution in [1.29, 1.82) is 0 Å². The van der Waals surface area contributed by atoms with Gasteiger partial charge in [0.1, 0.15) is 11.9 Å². The quantitative estimate of drug-likeness (QED) is 0.608. The van der Waals surface area contributed by atoms with Gasteiger partial charge in [0.2, 0.25) is 0 Å². The van der Waals surface area contributed by atoms with Crippen LogP contribution in [0.1, 0.15) is 12.5 Å². The number of rotatable bonds is 1. The number of fused-ring (bicyclic) bond motifs is 1. The Bertz CT molecular complexity index is 384. The van der Waals surface area contributed by atoms with E-state index >= 15 is 0 Å². The first kappa shape index (κ1) is 12.7. The number of nitrogens with one attached hydrogen (secondary N) is 1. The number of anilines is 1. The smallest absolute Gasteiger partial charge is 0.143 e. The van der Waals surface area contributed by atoms with E-state index in [4.69, 9.17) is 33.8 Å². The molecule has 0 spiro atoms. The second-order valence-electron chi connectivity index (χ2n) is 3.30. The Labute approximate surface area is 104 Å². The molecule has 0 aliphatic carbocycles. The Morgan fingerprint density at radius 3 is 2.73 bits per heavy atom. The van der Waals surface area contributed by atoms with E-state index in [-0.39, 0.29) is 18.5 Å². The van der Waals surface area contributed by atoms with Crippen molar-refractivity contribution in [3.8, 4) is 5.75 Å². The first-order chi connectivity index (χ1) is 6.63. The highest BCUT2D eigenvalue weighted by atomic mass is 35.5. The summed E-state index contributed by atoms with van der Waals surface area (Å²) in [4.78, 5) is 0. The molecule has 0 saturated carbocycles. The zero-order valence-corrected chi connectivity index (χ0v) is 10.3. The van der Waals surface area contributed by atoms with Crippen molar-refractivity contribution >= 4 is 41.3 Å². The molecule has 3 nitrogen and oxygen atoms in total. The summed E-state index contributed by atoms with van der Waals surface area (Å²) >= 11 is 12.0. The van der Waals surface area contributed by atoms with E-state index in [9.17, 15) is 0 Å². The van der Waals surface area contributed by atoms with Crippen LogP contribution >= 0.6 is 35.6 Å². The van der Waals surface area contributed by atoms with E-state index in [1.807, 2.05) is 6.92 Å². The average molecular weight is 270 g/mol. The molecule has 1 aliphatic rings. The highest BCUT2D eigenvalue weighted by molar-refractivity contribution is 6.37. The molecule has 3 N–H and O–H groups in total. The molecule has 1 aliphatic heterocycles. The van der Waals surface area contributed by atoms with Crippen LogP contribution in [0.4, 0.5) is 5.69 Å². The van der Waals surface area contributed by atoms with Gasteiger partial charge in [0, 0.05) is 12.0 Å². The summed E-state index contributed by atoms with van der Waals surface area (Å²) in [6, 6.07) is 1.63. The third-order valence-electron chi connectivity index (χ3n) is 2.24. The summed E-state index contributed by atoms with van der Waals surface area (Å²) in [5.74, 6) is 6.08. The van der Waals surface area contributed by atoms with Crippen LogP contribution in [0.2, 0.25) is 10.0 Å². The molecule has 0 saturated heterocycles. The maximum Gasteiger partial charge on any atom is 0.143 e. The molecule has 6 heteroatoms. The third kappa shape index (κ3) is 2.11. The summed E-state index contributed by atoms with van der Waals surface area (Å²) < 4.78 is 5.55. The second-order valence-corrected chi connectivity index (χ2v) is 4.11. The fourth-order valence-electron chi connectivity index (χ4n) is 1.66. The lowest BCUT2D eigenvalue weighted by molar-refractivity contribution is 0.255. The number of halogens is 3. The van der Waals surface area contributed by atoms with Gasteiger partial charge in [-0.15, -0.1) is 12.4 Å². The SMILES string of the molecule is CC1Cc2c(NN)c(Cl)cc(Cl)c2O1.Cl. The van der Waals surface area contributed by atoms with Gasteiger partial charge in [-0.1, -0.05) is 23.2 Å². The first-order valence-corrected chi connectivity index (χ1v) is 5.03. The van der Waals surface area contributed by atoms with Crippen LogP contribution in [0.15, 0.2) is 6.07 Å². The number of nitrogen functional groups attached to an aromatic ring is 1. The van der Waals surface area contributed by atoms with Gasteiger partial charge in [-0.2, -0.15) is 0 Å². The van der Waals surface area contributed by atoms with Crippen molar-refractivity contribution in [3.63, 3.8) is 0 Å². The minimum Gasteiger partial charge on any atom is -0.488 e. The van der Waals surface area contributed by atoms with Crippen molar-refractivity contribution < 1.29 is 4.74 Å². The minimum absolute atomic E-state index is 0. The summed E-state index contributed by atoms with van der Waals surface area (Å²) in [6.45, 7) is 1.98. The Balaban J connectivity index is 0.00000112. The number of hydrogen-bond donors (Lipinski definition) is 2. The number of hydrogen-bond acceptors (Lipinski definition) is 3. The Hall–Kier alpha value is -0.350. The molecule has 84 valence electrons. The lowest BCUT2D eigenvalue weighted by atomic mass is 10.1. The van der Waals surface area contributed by atoms with E-state index in [2.05, 4.69) is 5.43 Å². The van der Waals surface area contributed by atoms with Gasteiger partial charge in [-0.25, -0.2) is 0 Å². The molecule has 0 fully saturated rings. The first-order valence-electron chi connectivity index (χ1n) is 4.27. The minimum atomic E-state index is 0. The standard InChI is InChI=1S/C9H10Cl2N2O.ClH/c1-4-2-5-8(13-12)6(10)3-7(11)9(5)14-4;/h3-4,13H,2,12H2,1H3;1H. The molecule has 0 amide bonds. The van der Waals surface area contributed by atoms with E-state index in [1.165, 1.54) is 0 Å². The van der Waals surface area contributed by atoms with E-state index < -0.39 is 0 Å². The summed E-state index contributed by atoms with van der Waals surface area (Å²) in [5, 5.41) is 1.06. The number of hydrazine groups is 1. The lowest BCUT2D eigenvalue weighted by Gasteiger charge is -2.09. The lowest BCUT2D eigenvalue weighted by Crippen LogP contribution is -2.10. The molecule has 2 rings (SSSR count). The van der Waals surface area contributed by atoms with Gasteiger partial charge in [0.05, 0.1) is 15.7 Å². The van der Waals surface area contributed by atoms with Crippen LogP contribution in [-0.2, 0) is 6.42 Å². The monoisotopic (exact) mass is 268 g/mol. The molecule has 1 aromatic rings. The van der Waals surface area contributed by atoms with Gasteiger partial charge < -0.3 is 10.2 Å². The zero-order valence-electron chi connectivity index (χ0n) is 8.01. The summed E-state index contributed by atoms with van der Waals surface area (Å²) in [7, 11) is 0. The fourth-order valence-corrected chi connectivity index (χ4v) is 2.26. The van der Waals surface area contributed by atoms with Gasteiger partial charge in [-0.05, 0) is 13.0 Å². The Morgan fingerprint density at radius 1 is 1.47 bits per heavy atom. The number of ether oxygens (including phenoxy) is 1. The highest BCUT2D eigenvalue weighted by Crippen LogP contribution is 2.43. The average Bonchev–Trinajstić information content (AvgIpc) is 2.48. The van der Waals surface area contributed by atoms with E-state index in [0.29, 0.717) is 21.5 Å². The zero-order chi connectivity index (χ0) is 10.3. The van der Waals surface area contributed by atoms with Crippen LogP contribution < -0.4 is 16.0 Å². The van der Waals surface area contributed by atoms with Crippen LogP contribution in [0.3, 0.4) is 0 Å². The molecular formula is C9H11Cl3N2O. The maximum atomic E-state index is 5.99. The van der Waals surface area contributed by atoms with Crippen LogP contribution in [0, 0.1) is 0 Å². The topological polar surface area (TPSA) is 47.3 Å². The molecule has 1 heterocycles. The molecule has 15 heavy (non-hydrogen) atoms. The molecular weight excluding hydrogens is 258 g/mol. The molecule has 0 bridgehead atoms. The number of benzene rings is 1. The van der Waals surface area contributed by atoms with Crippen LogP contribution in [-0.4, -0.2) is 6.10 Å². The Kier molecular flexibility index (Phi) is 3.95. The van der Waals surface area contributed by atoms with Gasteiger partial charge in [0.15, 0.2) is 0 Å². The third-order valence-corrected chi connectivity index (χ3v) is 2.82. The molecule has 1 atom stereocenters.